The van der Waals surface area contributed by atoms with Gasteiger partial charge in [0, 0.05) is 23.9 Å². The molecule has 1 unspecified atom stereocenters. The topological polar surface area (TPSA) is 66.8 Å². The molecule has 24 heavy (non-hydrogen) atoms. The molecule has 0 fully saturated rings. The molecule has 1 atom stereocenters. The van der Waals surface area contributed by atoms with E-state index in [2.05, 4.69) is 15.9 Å². The number of ketones is 1. The lowest BCUT2D eigenvalue weighted by molar-refractivity contribution is -0.120. The number of carbonyl (C=O) groups excluding carboxylic acids is 2. The Hall–Kier alpha value is -1.82. The largest absolute Gasteiger partial charge is 0.504 e. The molecule has 1 aliphatic carbocycles. The predicted molar refractivity (Wildman–Crippen MR) is 93.1 cm³/mol. The number of amides is 1. The van der Waals surface area contributed by atoms with Crippen molar-refractivity contribution in [1.82, 2.24) is 4.90 Å². The SMILES string of the molecule is COc1cc(Br)c(CC2C3=C(CCN2C=O)CC(=O)CC3)cc1O. The molecule has 128 valence electrons. The molecule has 0 radical (unpaired) electrons. The minimum atomic E-state index is -0.0524. The van der Waals surface area contributed by atoms with Crippen molar-refractivity contribution < 1.29 is 19.4 Å². The van der Waals surface area contributed by atoms with Crippen molar-refractivity contribution in [3.63, 3.8) is 0 Å². The molecule has 1 aromatic carbocycles. The van der Waals surface area contributed by atoms with E-state index in [-0.39, 0.29) is 17.6 Å². The number of hydrogen-bond donors (Lipinski definition) is 1. The van der Waals surface area contributed by atoms with Crippen LogP contribution < -0.4 is 4.74 Å². The average Bonchev–Trinajstić information content (AvgIpc) is 2.57. The molecule has 6 heteroatoms. The summed E-state index contributed by atoms with van der Waals surface area (Å²) in [5.41, 5.74) is 3.33. The second-order valence-corrected chi connectivity index (χ2v) is 7.13. The Morgan fingerprint density at radius 2 is 2.17 bits per heavy atom. The standard InChI is InChI=1S/C18H20BrNO4/c1-24-18-9-15(19)12(8-17(18)23)7-16-14-3-2-13(22)6-11(14)4-5-20(16)10-21/h8-10,16,23H,2-7H2,1H3. The van der Waals surface area contributed by atoms with Crippen LogP contribution in [0.5, 0.6) is 11.5 Å². The van der Waals surface area contributed by atoms with Gasteiger partial charge in [-0.1, -0.05) is 21.5 Å². The molecule has 0 saturated heterocycles. The lowest BCUT2D eigenvalue weighted by atomic mass is 9.80. The van der Waals surface area contributed by atoms with Crippen LogP contribution in [-0.4, -0.2) is 41.9 Å². The first kappa shape index (κ1) is 17.0. The number of methoxy groups -OCH3 is 1. The van der Waals surface area contributed by atoms with E-state index < -0.39 is 0 Å². The number of hydrogen-bond acceptors (Lipinski definition) is 4. The quantitative estimate of drug-likeness (QED) is 0.630. The monoisotopic (exact) mass is 393 g/mol. The minimum Gasteiger partial charge on any atom is -0.504 e. The number of Topliss-reactive ketones (excluding diaryl/α,β-unsaturated/α-hetero) is 1. The fraction of sp³-hybridized carbons (Fsp3) is 0.444. The number of rotatable bonds is 4. The van der Waals surface area contributed by atoms with Gasteiger partial charge < -0.3 is 14.7 Å². The summed E-state index contributed by atoms with van der Waals surface area (Å²) in [6, 6.07) is 3.36. The molecule has 1 aliphatic heterocycles. The van der Waals surface area contributed by atoms with Crippen LogP contribution in [0.3, 0.4) is 0 Å². The van der Waals surface area contributed by atoms with Gasteiger partial charge in [-0.2, -0.15) is 0 Å². The van der Waals surface area contributed by atoms with Gasteiger partial charge >= 0.3 is 0 Å². The molecular weight excluding hydrogens is 374 g/mol. The maximum atomic E-state index is 11.7. The van der Waals surface area contributed by atoms with Crippen molar-refractivity contribution in [2.75, 3.05) is 13.7 Å². The van der Waals surface area contributed by atoms with E-state index in [1.54, 1.807) is 12.1 Å². The van der Waals surface area contributed by atoms with Gasteiger partial charge in [-0.05, 0) is 42.5 Å². The summed E-state index contributed by atoms with van der Waals surface area (Å²) in [5, 5.41) is 10.0. The molecule has 1 N–H and O–H groups in total. The van der Waals surface area contributed by atoms with E-state index >= 15 is 0 Å². The van der Waals surface area contributed by atoms with Crippen molar-refractivity contribution in [3.8, 4) is 11.5 Å². The Morgan fingerprint density at radius 1 is 1.38 bits per heavy atom. The number of benzene rings is 1. The van der Waals surface area contributed by atoms with Crippen molar-refractivity contribution in [3.05, 3.63) is 33.3 Å². The molecule has 5 nitrogen and oxygen atoms in total. The zero-order chi connectivity index (χ0) is 17.3. The van der Waals surface area contributed by atoms with Gasteiger partial charge in [-0.25, -0.2) is 0 Å². The van der Waals surface area contributed by atoms with Crippen LogP contribution in [0.4, 0.5) is 0 Å². The third kappa shape index (κ3) is 3.20. The number of phenolic OH excluding ortho intramolecular Hbond substituents is 1. The smallest absolute Gasteiger partial charge is 0.210 e. The molecule has 2 aliphatic rings. The molecule has 0 spiro atoms. The van der Waals surface area contributed by atoms with Crippen LogP contribution in [0.2, 0.25) is 0 Å². The first-order chi connectivity index (χ1) is 11.5. The number of halogens is 1. The third-order valence-corrected chi connectivity index (χ3v) is 5.65. The summed E-state index contributed by atoms with van der Waals surface area (Å²) < 4.78 is 5.95. The lowest BCUT2D eigenvalue weighted by Gasteiger charge is -2.39. The second-order valence-electron chi connectivity index (χ2n) is 6.27. The maximum Gasteiger partial charge on any atom is 0.210 e. The number of phenols is 1. The first-order valence-electron chi connectivity index (χ1n) is 8.02. The third-order valence-electron chi connectivity index (χ3n) is 4.91. The fourth-order valence-corrected chi connectivity index (χ4v) is 4.13. The lowest BCUT2D eigenvalue weighted by Crippen LogP contribution is -2.43. The number of ether oxygens (including phenoxy) is 1. The van der Waals surface area contributed by atoms with E-state index in [9.17, 15) is 14.7 Å². The van der Waals surface area contributed by atoms with Crippen molar-refractivity contribution in [1.29, 1.82) is 0 Å². The van der Waals surface area contributed by atoms with E-state index in [0.29, 0.717) is 31.6 Å². The van der Waals surface area contributed by atoms with Crippen LogP contribution in [0.15, 0.2) is 27.8 Å². The normalized spacial score (nSPS) is 20.8. The molecule has 3 rings (SSSR count). The highest BCUT2D eigenvalue weighted by Gasteiger charge is 2.32. The Bertz CT molecular complexity index is 713. The Kier molecular flexibility index (Phi) is 4.94. The van der Waals surface area contributed by atoms with Gasteiger partial charge in [0.1, 0.15) is 5.78 Å². The zero-order valence-electron chi connectivity index (χ0n) is 13.5. The molecule has 0 saturated carbocycles. The summed E-state index contributed by atoms with van der Waals surface area (Å²) in [6.07, 6.45) is 4.07. The molecule has 0 bridgehead atoms. The highest BCUT2D eigenvalue weighted by Crippen LogP contribution is 2.38. The van der Waals surface area contributed by atoms with Gasteiger partial charge in [0.15, 0.2) is 11.5 Å². The zero-order valence-corrected chi connectivity index (χ0v) is 15.1. The Balaban J connectivity index is 1.94. The van der Waals surface area contributed by atoms with Crippen molar-refractivity contribution >= 4 is 28.1 Å². The van der Waals surface area contributed by atoms with Crippen LogP contribution in [0, 0.1) is 0 Å². The Morgan fingerprint density at radius 3 is 2.88 bits per heavy atom. The summed E-state index contributed by atoms with van der Waals surface area (Å²) in [4.78, 5) is 25.0. The number of aromatic hydroxyl groups is 1. The molecule has 1 heterocycles. The fourth-order valence-electron chi connectivity index (χ4n) is 3.64. The van der Waals surface area contributed by atoms with Crippen LogP contribution in [0.25, 0.3) is 0 Å². The van der Waals surface area contributed by atoms with Crippen LogP contribution >= 0.6 is 15.9 Å². The molecular formula is C18H20BrNO4. The van der Waals surface area contributed by atoms with E-state index in [1.165, 1.54) is 18.3 Å². The maximum absolute atomic E-state index is 11.7. The number of carbonyl (C=O) groups is 2. The molecule has 1 amide bonds. The average molecular weight is 394 g/mol. The highest BCUT2D eigenvalue weighted by atomic mass is 79.9. The van der Waals surface area contributed by atoms with Crippen molar-refractivity contribution in [2.45, 2.75) is 38.1 Å². The second kappa shape index (κ2) is 6.97. The van der Waals surface area contributed by atoms with Gasteiger partial charge in [-0.3, -0.25) is 9.59 Å². The predicted octanol–water partition coefficient (Wildman–Crippen LogP) is 2.99. The Labute approximate surface area is 149 Å². The number of nitrogens with zero attached hydrogens (tertiary/aromatic N) is 1. The van der Waals surface area contributed by atoms with Gasteiger partial charge in [0.25, 0.3) is 0 Å². The van der Waals surface area contributed by atoms with Crippen molar-refractivity contribution in [2.24, 2.45) is 0 Å². The summed E-state index contributed by atoms with van der Waals surface area (Å²) >= 11 is 3.52. The summed E-state index contributed by atoms with van der Waals surface area (Å²) in [6.45, 7) is 0.639. The van der Waals surface area contributed by atoms with Crippen LogP contribution in [-0.2, 0) is 16.0 Å². The van der Waals surface area contributed by atoms with E-state index in [1.807, 2.05) is 4.90 Å². The first-order valence-corrected chi connectivity index (χ1v) is 8.81. The minimum absolute atomic E-state index is 0.0524. The van der Waals surface area contributed by atoms with Crippen LogP contribution in [0.1, 0.15) is 31.2 Å². The highest BCUT2D eigenvalue weighted by molar-refractivity contribution is 9.10. The van der Waals surface area contributed by atoms with Gasteiger partial charge in [-0.15, -0.1) is 0 Å². The van der Waals surface area contributed by atoms with Gasteiger partial charge in [0.2, 0.25) is 6.41 Å². The van der Waals surface area contributed by atoms with Gasteiger partial charge in [0.05, 0.1) is 13.2 Å². The van der Waals surface area contributed by atoms with E-state index in [0.717, 1.165) is 29.3 Å². The molecule has 0 aromatic heterocycles. The summed E-state index contributed by atoms with van der Waals surface area (Å²) in [5.74, 6) is 0.775. The summed E-state index contributed by atoms with van der Waals surface area (Å²) in [7, 11) is 1.51. The molecule has 1 aromatic rings. The van der Waals surface area contributed by atoms with E-state index in [4.69, 9.17) is 4.74 Å².